The molecule has 0 spiro atoms. The van der Waals surface area contributed by atoms with E-state index < -0.39 is 10.0 Å². The summed E-state index contributed by atoms with van der Waals surface area (Å²) >= 11 is 1.02. The molecule has 96 valence electrons. The van der Waals surface area contributed by atoms with E-state index in [-0.39, 0.29) is 10.9 Å². The van der Waals surface area contributed by atoms with Gasteiger partial charge in [0.15, 0.2) is 0 Å². The van der Waals surface area contributed by atoms with Gasteiger partial charge in [0.05, 0.1) is 11.7 Å². The fraction of sp³-hybridized carbons (Fsp3) is 0.400. The van der Waals surface area contributed by atoms with E-state index in [9.17, 15) is 8.42 Å². The molecular formula is C10H12N4O2S2. The number of aromatic nitrogens is 2. The van der Waals surface area contributed by atoms with E-state index in [1.165, 1.54) is 4.31 Å². The number of benzene rings is 1. The number of sulfonamides is 1. The predicted molar refractivity (Wildman–Crippen MR) is 68.8 cm³/mol. The molecule has 0 bridgehead atoms. The van der Waals surface area contributed by atoms with Crippen LogP contribution < -0.4 is 5.73 Å². The van der Waals surface area contributed by atoms with Crippen molar-refractivity contribution in [3.05, 3.63) is 18.2 Å². The zero-order chi connectivity index (χ0) is 12.8. The third kappa shape index (κ3) is 1.81. The molecule has 0 amide bonds. The van der Waals surface area contributed by atoms with Crippen LogP contribution in [0.2, 0.25) is 0 Å². The molecule has 8 heteroatoms. The van der Waals surface area contributed by atoms with Crippen molar-refractivity contribution in [2.45, 2.75) is 17.4 Å². The van der Waals surface area contributed by atoms with Gasteiger partial charge in [-0.25, -0.2) is 8.42 Å². The molecule has 1 atom stereocenters. The molecule has 1 aromatic carbocycles. The van der Waals surface area contributed by atoms with Crippen LogP contribution in [0, 0.1) is 0 Å². The number of hydrogen-bond donors (Lipinski definition) is 1. The molecule has 3 rings (SSSR count). The Morgan fingerprint density at radius 3 is 2.94 bits per heavy atom. The molecule has 2 heterocycles. The molecule has 6 nitrogen and oxygen atoms in total. The lowest BCUT2D eigenvalue weighted by Crippen LogP contribution is -2.32. The van der Waals surface area contributed by atoms with E-state index in [2.05, 4.69) is 8.75 Å². The minimum absolute atomic E-state index is 0.0764. The number of nitrogens with zero attached hydrogens (tertiary/aromatic N) is 3. The van der Waals surface area contributed by atoms with Gasteiger partial charge < -0.3 is 5.73 Å². The monoisotopic (exact) mass is 284 g/mol. The summed E-state index contributed by atoms with van der Waals surface area (Å²) in [5.41, 5.74) is 6.82. The zero-order valence-electron chi connectivity index (χ0n) is 9.48. The van der Waals surface area contributed by atoms with Gasteiger partial charge in [-0.05, 0) is 18.6 Å². The van der Waals surface area contributed by atoms with Crippen LogP contribution in [0.25, 0.3) is 11.0 Å². The summed E-state index contributed by atoms with van der Waals surface area (Å²) in [4.78, 5) is 0.225. The topological polar surface area (TPSA) is 89.2 Å². The third-order valence-corrected chi connectivity index (χ3v) is 5.49. The summed E-state index contributed by atoms with van der Waals surface area (Å²) in [5.74, 6) is 0. The average Bonchev–Trinajstić information content (AvgIpc) is 2.96. The first-order chi connectivity index (χ1) is 8.59. The van der Waals surface area contributed by atoms with Gasteiger partial charge in [0.2, 0.25) is 10.0 Å². The van der Waals surface area contributed by atoms with E-state index in [0.29, 0.717) is 30.5 Å². The molecule has 2 aromatic rings. The van der Waals surface area contributed by atoms with E-state index in [0.717, 1.165) is 11.7 Å². The summed E-state index contributed by atoms with van der Waals surface area (Å²) in [6.45, 7) is 0.841. The second kappa shape index (κ2) is 4.23. The molecule has 18 heavy (non-hydrogen) atoms. The van der Waals surface area contributed by atoms with Crippen molar-refractivity contribution in [3.63, 3.8) is 0 Å². The molecule has 0 aliphatic carbocycles. The Kier molecular flexibility index (Phi) is 2.81. The number of nitrogens with two attached hydrogens (primary N) is 1. The zero-order valence-corrected chi connectivity index (χ0v) is 11.1. The molecule has 1 aromatic heterocycles. The van der Waals surface area contributed by atoms with Gasteiger partial charge in [-0.15, -0.1) is 0 Å². The Balaban J connectivity index is 2.11. The van der Waals surface area contributed by atoms with Crippen molar-refractivity contribution in [2.24, 2.45) is 5.73 Å². The molecule has 1 saturated heterocycles. The average molecular weight is 284 g/mol. The second-order valence-electron chi connectivity index (χ2n) is 4.30. The van der Waals surface area contributed by atoms with Crippen LogP contribution in [0.4, 0.5) is 0 Å². The highest BCUT2D eigenvalue weighted by Crippen LogP contribution is 2.26. The number of hydrogen-bond acceptors (Lipinski definition) is 6. The fourth-order valence-corrected chi connectivity index (χ4v) is 4.37. The maximum absolute atomic E-state index is 12.5. The van der Waals surface area contributed by atoms with Crippen LogP contribution >= 0.6 is 11.7 Å². The fourth-order valence-electron chi connectivity index (χ4n) is 2.10. The van der Waals surface area contributed by atoms with Crippen LogP contribution in [0.15, 0.2) is 23.1 Å². The van der Waals surface area contributed by atoms with E-state index in [1.807, 2.05) is 0 Å². The van der Waals surface area contributed by atoms with Crippen LogP contribution in [-0.4, -0.2) is 40.6 Å². The number of rotatable bonds is 2. The Hall–Kier alpha value is -1.09. The third-order valence-electron chi connectivity index (χ3n) is 3.05. The maximum Gasteiger partial charge on any atom is 0.245 e. The van der Waals surface area contributed by atoms with Crippen molar-refractivity contribution in [1.82, 2.24) is 13.1 Å². The minimum atomic E-state index is -3.51. The molecule has 1 fully saturated rings. The Morgan fingerprint density at radius 2 is 2.22 bits per heavy atom. The van der Waals surface area contributed by atoms with Gasteiger partial charge in [-0.3, -0.25) is 0 Å². The number of fused-ring (bicyclic) bond motifs is 1. The van der Waals surface area contributed by atoms with Gasteiger partial charge in [0.1, 0.15) is 15.9 Å². The van der Waals surface area contributed by atoms with Crippen molar-refractivity contribution < 1.29 is 8.42 Å². The van der Waals surface area contributed by atoms with E-state index >= 15 is 0 Å². The lowest BCUT2D eigenvalue weighted by molar-refractivity contribution is 0.473. The van der Waals surface area contributed by atoms with Gasteiger partial charge in [-0.2, -0.15) is 13.1 Å². The molecule has 1 aliphatic heterocycles. The smallest absolute Gasteiger partial charge is 0.245 e. The van der Waals surface area contributed by atoms with Crippen LogP contribution in [-0.2, 0) is 10.0 Å². The first-order valence-electron chi connectivity index (χ1n) is 5.56. The van der Waals surface area contributed by atoms with Crippen molar-refractivity contribution in [3.8, 4) is 0 Å². The highest BCUT2D eigenvalue weighted by atomic mass is 32.2. The quantitative estimate of drug-likeness (QED) is 0.863. The van der Waals surface area contributed by atoms with Gasteiger partial charge in [-0.1, -0.05) is 6.07 Å². The normalized spacial score (nSPS) is 21.7. The molecule has 0 saturated carbocycles. The minimum Gasteiger partial charge on any atom is -0.326 e. The van der Waals surface area contributed by atoms with Crippen molar-refractivity contribution in [2.75, 3.05) is 13.1 Å². The van der Waals surface area contributed by atoms with Crippen LogP contribution in [0.5, 0.6) is 0 Å². The van der Waals surface area contributed by atoms with Gasteiger partial charge in [0.25, 0.3) is 0 Å². The summed E-state index contributed by atoms with van der Waals surface area (Å²) < 4.78 is 34.5. The summed E-state index contributed by atoms with van der Waals surface area (Å²) in [6, 6.07) is 4.94. The van der Waals surface area contributed by atoms with Crippen molar-refractivity contribution >= 4 is 32.8 Å². The van der Waals surface area contributed by atoms with E-state index in [1.54, 1.807) is 18.2 Å². The first-order valence-corrected chi connectivity index (χ1v) is 7.73. The lowest BCUT2D eigenvalue weighted by atomic mass is 10.3. The summed E-state index contributed by atoms with van der Waals surface area (Å²) in [6.07, 6.45) is 0.699. The lowest BCUT2D eigenvalue weighted by Gasteiger charge is -2.15. The predicted octanol–water partition coefficient (Wildman–Crippen LogP) is 0.413. The SMILES string of the molecule is N[C@@H]1CCN(S(=O)(=O)c2cccc3nsnc23)C1. The standard InChI is InChI=1S/C10H12N4O2S2/c11-7-4-5-14(6-7)18(15,16)9-3-1-2-8-10(9)13-17-12-8/h1-3,7H,4-6,11H2/t7-/m1/s1. The highest BCUT2D eigenvalue weighted by molar-refractivity contribution is 7.89. The Labute approximate surface area is 109 Å². The molecular weight excluding hydrogens is 272 g/mol. The van der Waals surface area contributed by atoms with Crippen molar-refractivity contribution in [1.29, 1.82) is 0 Å². The summed E-state index contributed by atoms with van der Waals surface area (Å²) in [7, 11) is -3.51. The largest absolute Gasteiger partial charge is 0.326 e. The van der Waals surface area contributed by atoms with E-state index in [4.69, 9.17) is 5.73 Å². The Bertz CT molecular complexity index is 682. The first kappa shape index (κ1) is 12.0. The Morgan fingerprint density at radius 1 is 1.39 bits per heavy atom. The molecule has 0 unspecified atom stereocenters. The maximum atomic E-state index is 12.5. The molecule has 1 aliphatic rings. The highest BCUT2D eigenvalue weighted by Gasteiger charge is 2.32. The second-order valence-corrected chi connectivity index (χ2v) is 6.73. The van der Waals surface area contributed by atoms with Crippen LogP contribution in [0.3, 0.4) is 0 Å². The van der Waals surface area contributed by atoms with Gasteiger partial charge in [0, 0.05) is 19.1 Å². The van der Waals surface area contributed by atoms with Crippen LogP contribution in [0.1, 0.15) is 6.42 Å². The summed E-state index contributed by atoms with van der Waals surface area (Å²) in [5, 5.41) is 0. The molecule has 2 N–H and O–H groups in total. The molecule has 0 radical (unpaired) electrons. The van der Waals surface area contributed by atoms with Gasteiger partial charge >= 0.3 is 0 Å².